The standard InChI is InChI=1S/C19H19NO5/c1-24-8-4-5-9-25-14-10-13(21)15-16(17(14)20)19(23)12-7-3-2-6-11(12)18(15)22/h2-3,6-7,10,21H,4-5,8-9,20H2,1H3. The van der Waals surface area contributed by atoms with Crippen LogP contribution in [0, 0.1) is 0 Å². The molecule has 3 rings (SSSR count). The lowest BCUT2D eigenvalue weighted by atomic mass is 9.82. The fourth-order valence-corrected chi connectivity index (χ4v) is 2.92. The van der Waals surface area contributed by atoms with Crippen LogP contribution in [-0.4, -0.2) is 37.0 Å². The van der Waals surface area contributed by atoms with Gasteiger partial charge < -0.3 is 20.3 Å². The molecule has 0 aromatic heterocycles. The van der Waals surface area contributed by atoms with Crippen LogP contribution < -0.4 is 10.5 Å². The third-order valence-electron chi connectivity index (χ3n) is 4.18. The van der Waals surface area contributed by atoms with Crippen LogP contribution in [0.2, 0.25) is 0 Å². The van der Waals surface area contributed by atoms with E-state index in [1.54, 1.807) is 31.4 Å². The number of nitrogen functional groups attached to an aromatic ring is 1. The van der Waals surface area contributed by atoms with E-state index in [1.807, 2.05) is 0 Å². The SMILES string of the molecule is COCCCCOc1cc(O)c2c(c1N)C(=O)c1ccccc1C2=O. The van der Waals surface area contributed by atoms with Crippen LogP contribution in [0.4, 0.5) is 5.69 Å². The largest absolute Gasteiger partial charge is 0.507 e. The Morgan fingerprint density at radius 2 is 1.60 bits per heavy atom. The average molecular weight is 341 g/mol. The van der Waals surface area contributed by atoms with Crippen LogP contribution in [0.5, 0.6) is 11.5 Å². The fourth-order valence-electron chi connectivity index (χ4n) is 2.92. The second kappa shape index (κ2) is 6.94. The van der Waals surface area contributed by atoms with E-state index in [4.69, 9.17) is 15.2 Å². The van der Waals surface area contributed by atoms with Crippen molar-refractivity contribution in [2.24, 2.45) is 0 Å². The number of phenolic OH excluding ortho intramolecular Hbond substituents is 1. The number of aromatic hydroxyl groups is 1. The van der Waals surface area contributed by atoms with Gasteiger partial charge in [0.15, 0.2) is 11.6 Å². The maximum absolute atomic E-state index is 12.8. The Bertz CT molecular complexity index is 844. The molecule has 0 bridgehead atoms. The molecule has 0 saturated carbocycles. The normalized spacial score (nSPS) is 12.7. The van der Waals surface area contributed by atoms with Crippen LogP contribution in [0.1, 0.15) is 44.7 Å². The minimum Gasteiger partial charge on any atom is -0.507 e. The number of nitrogens with two attached hydrogens (primary N) is 1. The summed E-state index contributed by atoms with van der Waals surface area (Å²) in [7, 11) is 1.63. The molecule has 25 heavy (non-hydrogen) atoms. The number of carbonyl (C=O) groups excluding carboxylic acids is 2. The molecule has 0 saturated heterocycles. The lowest BCUT2D eigenvalue weighted by Gasteiger charge is -2.21. The molecule has 0 unspecified atom stereocenters. The summed E-state index contributed by atoms with van der Waals surface area (Å²) in [6.07, 6.45) is 1.55. The van der Waals surface area contributed by atoms with Crippen molar-refractivity contribution >= 4 is 17.3 Å². The maximum Gasteiger partial charge on any atom is 0.198 e. The van der Waals surface area contributed by atoms with Crippen molar-refractivity contribution in [1.29, 1.82) is 0 Å². The smallest absolute Gasteiger partial charge is 0.198 e. The number of rotatable bonds is 6. The molecule has 6 heteroatoms. The molecule has 130 valence electrons. The number of benzene rings is 2. The molecule has 0 spiro atoms. The Kier molecular flexibility index (Phi) is 4.72. The highest BCUT2D eigenvalue weighted by atomic mass is 16.5. The van der Waals surface area contributed by atoms with Crippen molar-refractivity contribution in [3.05, 3.63) is 52.6 Å². The highest BCUT2D eigenvalue weighted by Crippen LogP contribution is 2.41. The molecule has 0 heterocycles. The monoisotopic (exact) mass is 341 g/mol. The van der Waals surface area contributed by atoms with E-state index in [0.717, 1.165) is 12.8 Å². The van der Waals surface area contributed by atoms with Crippen molar-refractivity contribution in [3.8, 4) is 11.5 Å². The zero-order valence-corrected chi connectivity index (χ0v) is 13.9. The molecule has 3 N–H and O–H groups in total. The van der Waals surface area contributed by atoms with Gasteiger partial charge in [0.2, 0.25) is 0 Å². The average Bonchev–Trinajstić information content (AvgIpc) is 2.62. The minimum atomic E-state index is -0.416. The minimum absolute atomic E-state index is 0.00981. The number of hydrogen-bond donors (Lipinski definition) is 2. The van der Waals surface area contributed by atoms with E-state index < -0.39 is 5.78 Å². The zero-order chi connectivity index (χ0) is 18.0. The predicted molar refractivity (Wildman–Crippen MR) is 92.4 cm³/mol. The summed E-state index contributed by atoms with van der Waals surface area (Å²) < 4.78 is 10.6. The number of phenols is 1. The number of anilines is 1. The number of unbranched alkanes of at least 4 members (excludes halogenated alkanes) is 1. The fraction of sp³-hybridized carbons (Fsp3) is 0.263. The van der Waals surface area contributed by atoms with Gasteiger partial charge in [-0.3, -0.25) is 9.59 Å². The van der Waals surface area contributed by atoms with Crippen molar-refractivity contribution < 1.29 is 24.2 Å². The maximum atomic E-state index is 12.8. The van der Waals surface area contributed by atoms with E-state index in [0.29, 0.717) is 13.2 Å². The van der Waals surface area contributed by atoms with E-state index in [2.05, 4.69) is 0 Å². The first kappa shape index (κ1) is 17.0. The Balaban J connectivity index is 1.96. The van der Waals surface area contributed by atoms with E-state index in [9.17, 15) is 14.7 Å². The molecule has 6 nitrogen and oxygen atoms in total. The second-order valence-corrected chi connectivity index (χ2v) is 5.81. The van der Waals surface area contributed by atoms with Gasteiger partial charge in [-0.1, -0.05) is 24.3 Å². The first-order valence-electron chi connectivity index (χ1n) is 8.01. The molecule has 0 amide bonds. The lowest BCUT2D eigenvalue weighted by molar-refractivity contribution is 0.0977. The summed E-state index contributed by atoms with van der Waals surface area (Å²) in [5.41, 5.74) is 6.66. The number of methoxy groups -OCH3 is 1. The summed E-state index contributed by atoms with van der Waals surface area (Å²) in [4.78, 5) is 25.4. The third-order valence-corrected chi connectivity index (χ3v) is 4.18. The molecule has 0 atom stereocenters. The number of ether oxygens (including phenoxy) is 2. The van der Waals surface area contributed by atoms with Crippen LogP contribution in [-0.2, 0) is 4.74 Å². The molecular weight excluding hydrogens is 322 g/mol. The Hall–Kier alpha value is -2.86. The van der Waals surface area contributed by atoms with Gasteiger partial charge in [0.05, 0.1) is 23.4 Å². The predicted octanol–water partition coefficient (Wildman–Crippen LogP) is 2.56. The lowest BCUT2D eigenvalue weighted by Crippen LogP contribution is -2.23. The van der Waals surface area contributed by atoms with Gasteiger partial charge in [0.25, 0.3) is 0 Å². The third kappa shape index (κ3) is 2.96. The number of fused-ring (bicyclic) bond motifs is 2. The highest BCUT2D eigenvalue weighted by Gasteiger charge is 2.35. The van der Waals surface area contributed by atoms with E-state index >= 15 is 0 Å². The highest BCUT2D eigenvalue weighted by molar-refractivity contribution is 6.31. The molecule has 2 aromatic carbocycles. The quantitative estimate of drug-likeness (QED) is 0.406. The van der Waals surface area contributed by atoms with Gasteiger partial charge in [0.1, 0.15) is 11.5 Å². The molecule has 1 aliphatic carbocycles. The van der Waals surface area contributed by atoms with Crippen molar-refractivity contribution in [3.63, 3.8) is 0 Å². The molecule has 0 radical (unpaired) electrons. The Morgan fingerprint density at radius 3 is 2.24 bits per heavy atom. The van der Waals surface area contributed by atoms with Gasteiger partial charge in [-0.2, -0.15) is 0 Å². The van der Waals surface area contributed by atoms with Gasteiger partial charge in [0, 0.05) is 30.9 Å². The number of carbonyl (C=O) groups is 2. The zero-order valence-electron chi connectivity index (χ0n) is 13.9. The van der Waals surface area contributed by atoms with Crippen LogP contribution in [0.3, 0.4) is 0 Å². The van der Waals surface area contributed by atoms with Crippen molar-refractivity contribution in [1.82, 2.24) is 0 Å². The molecule has 0 fully saturated rings. The number of hydrogen-bond acceptors (Lipinski definition) is 6. The molecular formula is C19H19NO5. The summed E-state index contributed by atoms with van der Waals surface area (Å²) in [6, 6.07) is 7.79. The summed E-state index contributed by atoms with van der Waals surface area (Å²) >= 11 is 0. The Morgan fingerprint density at radius 1 is 1.00 bits per heavy atom. The van der Waals surface area contributed by atoms with Crippen LogP contribution in [0.15, 0.2) is 30.3 Å². The van der Waals surface area contributed by atoms with E-state index in [-0.39, 0.29) is 45.2 Å². The number of ketones is 2. The van der Waals surface area contributed by atoms with Gasteiger partial charge in [-0.05, 0) is 12.8 Å². The molecule has 0 aliphatic heterocycles. The van der Waals surface area contributed by atoms with Crippen molar-refractivity contribution in [2.75, 3.05) is 26.1 Å². The van der Waals surface area contributed by atoms with Gasteiger partial charge in [-0.15, -0.1) is 0 Å². The first-order valence-corrected chi connectivity index (χ1v) is 8.01. The Labute approximate surface area is 145 Å². The summed E-state index contributed by atoms with van der Waals surface area (Å²) in [5, 5.41) is 10.3. The van der Waals surface area contributed by atoms with Crippen LogP contribution >= 0.6 is 0 Å². The van der Waals surface area contributed by atoms with Crippen LogP contribution in [0.25, 0.3) is 0 Å². The summed E-state index contributed by atoms with van der Waals surface area (Å²) in [6.45, 7) is 0.989. The summed E-state index contributed by atoms with van der Waals surface area (Å²) in [5.74, 6) is -0.901. The first-order chi connectivity index (χ1) is 12.1. The van der Waals surface area contributed by atoms with Gasteiger partial charge >= 0.3 is 0 Å². The van der Waals surface area contributed by atoms with Gasteiger partial charge in [-0.25, -0.2) is 0 Å². The van der Waals surface area contributed by atoms with E-state index in [1.165, 1.54) is 6.07 Å². The topological polar surface area (TPSA) is 98.8 Å². The molecule has 2 aromatic rings. The molecule has 1 aliphatic rings. The second-order valence-electron chi connectivity index (χ2n) is 5.81. The van der Waals surface area contributed by atoms with Crippen molar-refractivity contribution in [2.45, 2.75) is 12.8 Å².